The van der Waals surface area contributed by atoms with Crippen LogP contribution in [-0.4, -0.2) is 13.7 Å². The van der Waals surface area contributed by atoms with E-state index in [1.165, 1.54) is 18.4 Å². The fraction of sp³-hybridized carbons (Fsp3) is 0.647. The lowest BCUT2D eigenvalue weighted by Crippen LogP contribution is -2.22. The standard InChI is InChI=1S/C17H28ClNO/c1-5-11-19-16(8-6-7-13(2)3)15-12-14(18)9-10-17(15)20-4/h9-10,12-13,16,19H,5-8,11H2,1-4H3. The highest BCUT2D eigenvalue weighted by Crippen LogP contribution is 2.31. The third-order valence-corrected chi connectivity index (χ3v) is 3.72. The first-order valence-electron chi connectivity index (χ1n) is 7.65. The molecule has 1 rings (SSSR count). The third-order valence-electron chi connectivity index (χ3n) is 3.48. The molecule has 0 fully saturated rings. The first-order chi connectivity index (χ1) is 9.58. The van der Waals surface area contributed by atoms with Crippen LogP contribution in [0.25, 0.3) is 0 Å². The highest BCUT2D eigenvalue weighted by molar-refractivity contribution is 6.30. The van der Waals surface area contributed by atoms with Crippen molar-refractivity contribution in [3.8, 4) is 5.75 Å². The van der Waals surface area contributed by atoms with Gasteiger partial charge in [-0.3, -0.25) is 0 Å². The quantitative estimate of drug-likeness (QED) is 0.675. The molecule has 0 heterocycles. The predicted molar refractivity (Wildman–Crippen MR) is 87.7 cm³/mol. The molecule has 20 heavy (non-hydrogen) atoms. The zero-order valence-corrected chi connectivity index (χ0v) is 14.0. The van der Waals surface area contributed by atoms with Gasteiger partial charge in [0.1, 0.15) is 5.75 Å². The summed E-state index contributed by atoms with van der Waals surface area (Å²) in [6, 6.07) is 6.20. The summed E-state index contributed by atoms with van der Waals surface area (Å²) in [5.41, 5.74) is 1.18. The fourth-order valence-electron chi connectivity index (χ4n) is 2.39. The Labute approximate surface area is 128 Å². The second-order valence-corrected chi connectivity index (χ2v) is 6.15. The van der Waals surface area contributed by atoms with Gasteiger partial charge in [-0.2, -0.15) is 0 Å². The maximum atomic E-state index is 6.15. The molecular formula is C17H28ClNO. The van der Waals surface area contributed by atoms with Gasteiger partial charge >= 0.3 is 0 Å². The normalized spacial score (nSPS) is 12.7. The summed E-state index contributed by atoms with van der Waals surface area (Å²) in [5.74, 6) is 1.68. The Balaban J connectivity index is 2.82. The number of ether oxygens (including phenoxy) is 1. The van der Waals surface area contributed by atoms with E-state index >= 15 is 0 Å². The van der Waals surface area contributed by atoms with E-state index in [9.17, 15) is 0 Å². The maximum Gasteiger partial charge on any atom is 0.123 e. The second kappa shape index (κ2) is 9.25. The van der Waals surface area contributed by atoms with Crippen molar-refractivity contribution < 1.29 is 4.74 Å². The van der Waals surface area contributed by atoms with E-state index in [-0.39, 0.29) is 0 Å². The Hall–Kier alpha value is -0.730. The largest absolute Gasteiger partial charge is 0.496 e. The van der Waals surface area contributed by atoms with Gasteiger partial charge in [0.25, 0.3) is 0 Å². The van der Waals surface area contributed by atoms with Gasteiger partial charge in [-0.25, -0.2) is 0 Å². The highest BCUT2D eigenvalue weighted by Gasteiger charge is 2.16. The molecule has 0 saturated carbocycles. The summed E-state index contributed by atoms with van der Waals surface area (Å²) in [5, 5.41) is 4.39. The number of hydrogen-bond acceptors (Lipinski definition) is 2. The molecule has 114 valence electrons. The molecule has 0 saturated heterocycles. The minimum atomic E-state index is 0.322. The number of halogens is 1. The van der Waals surface area contributed by atoms with Crippen LogP contribution in [0.3, 0.4) is 0 Å². The molecule has 1 unspecified atom stereocenters. The number of benzene rings is 1. The molecule has 0 aromatic heterocycles. The van der Waals surface area contributed by atoms with Crippen LogP contribution in [-0.2, 0) is 0 Å². The molecule has 0 amide bonds. The van der Waals surface area contributed by atoms with Crippen molar-refractivity contribution >= 4 is 11.6 Å². The summed E-state index contributed by atoms with van der Waals surface area (Å²) in [4.78, 5) is 0. The van der Waals surface area contributed by atoms with E-state index in [1.807, 2.05) is 18.2 Å². The van der Waals surface area contributed by atoms with Gasteiger partial charge in [-0.15, -0.1) is 0 Å². The summed E-state index contributed by atoms with van der Waals surface area (Å²) in [7, 11) is 1.72. The minimum absolute atomic E-state index is 0.322. The van der Waals surface area contributed by atoms with Gasteiger partial charge in [0, 0.05) is 16.6 Å². The zero-order chi connectivity index (χ0) is 15.0. The fourth-order valence-corrected chi connectivity index (χ4v) is 2.57. The Morgan fingerprint density at radius 1 is 1.25 bits per heavy atom. The molecule has 3 heteroatoms. The van der Waals surface area contributed by atoms with E-state index < -0.39 is 0 Å². The number of rotatable bonds is 9. The third kappa shape index (κ3) is 5.72. The Kier molecular flexibility index (Phi) is 8.01. The van der Waals surface area contributed by atoms with Crippen LogP contribution in [0.15, 0.2) is 18.2 Å². The van der Waals surface area contributed by atoms with Gasteiger partial charge in [-0.1, -0.05) is 45.2 Å². The molecule has 1 N–H and O–H groups in total. The number of hydrogen-bond donors (Lipinski definition) is 1. The molecule has 0 aliphatic carbocycles. The van der Waals surface area contributed by atoms with Crippen LogP contribution in [0.5, 0.6) is 5.75 Å². The average molecular weight is 298 g/mol. The highest BCUT2D eigenvalue weighted by atomic mass is 35.5. The van der Waals surface area contributed by atoms with E-state index in [4.69, 9.17) is 16.3 Å². The molecule has 1 atom stereocenters. The Bertz CT molecular complexity index is 393. The predicted octanol–water partition coefficient (Wildman–Crippen LogP) is 5.22. The monoisotopic (exact) mass is 297 g/mol. The molecular weight excluding hydrogens is 270 g/mol. The van der Waals surface area contributed by atoms with Crippen molar-refractivity contribution in [2.45, 2.75) is 52.5 Å². The van der Waals surface area contributed by atoms with Gasteiger partial charge in [0.2, 0.25) is 0 Å². The molecule has 1 aromatic rings. The molecule has 1 aromatic carbocycles. The molecule has 0 aliphatic rings. The van der Waals surface area contributed by atoms with E-state index in [0.29, 0.717) is 6.04 Å². The van der Waals surface area contributed by atoms with E-state index in [0.717, 1.165) is 36.1 Å². The molecule has 0 spiro atoms. The second-order valence-electron chi connectivity index (χ2n) is 5.72. The van der Waals surface area contributed by atoms with Crippen LogP contribution < -0.4 is 10.1 Å². The van der Waals surface area contributed by atoms with Crippen LogP contribution in [0.4, 0.5) is 0 Å². The lowest BCUT2D eigenvalue weighted by Gasteiger charge is -2.22. The van der Waals surface area contributed by atoms with E-state index in [1.54, 1.807) is 7.11 Å². The summed E-state index contributed by atoms with van der Waals surface area (Å²) >= 11 is 6.15. The molecule has 0 radical (unpaired) electrons. The maximum absolute atomic E-state index is 6.15. The average Bonchev–Trinajstić information content (AvgIpc) is 2.42. The van der Waals surface area contributed by atoms with Crippen molar-refractivity contribution in [3.63, 3.8) is 0 Å². The van der Waals surface area contributed by atoms with Crippen molar-refractivity contribution in [1.82, 2.24) is 5.32 Å². The SMILES string of the molecule is CCCNC(CCCC(C)C)c1cc(Cl)ccc1OC. The van der Waals surface area contributed by atoms with Crippen molar-refractivity contribution in [1.29, 1.82) is 0 Å². The lowest BCUT2D eigenvalue weighted by atomic mass is 9.97. The Morgan fingerprint density at radius 3 is 2.60 bits per heavy atom. The molecule has 0 aliphatic heterocycles. The van der Waals surface area contributed by atoms with Crippen molar-refractivity contribution in [2.75, 3.05) is 13.7 Å². The zero-order valence-electron chi connectivity index (χ0n) is 13.2. The summed E-state index contributed by atoms with van der Waals surface area (Å²) in [6.45, 7) is 7.75. The van der Waals surface area contributed by atoms with E-state index in [2.05, 4.69) is 26.1 Å². The van der Waals surface area contributed by atoms with Crippen molar-refractivity contribution in [2.24, 2.45) is 5.92 Å². The van der Waals surface area contributed by atoms with Gasteiger partial charge in [-0.05, 0) is 43.5 Å². The number of nitrogens with one attached hydrogen (secondary N) is 1. The van der Waals surface area contributed by atoms with Crippen LogP contribution in [0.2, 0.25) is 5.02 Å². The Morgan fingerprint density at radius 2 is 2.00 bits per heavy atom. The van der Waals surface area contributed by atoms with Gasteiger partial charge < -0.3 is 10.1 Å². The van der Waals surface area contributed by atoms with Gasteiger partial charge in [0.15, 0.2) is 0 Å². The number of methoxy groups -OCH3 is 1. The summed E-state index contributed by atoms with van der Waals surface area (Å²) < 4.78 is 5.49. The molecule has 2 nitrogen and oxygen atoms in total. The van der Waals surface area contributed by atoms with Gasteiger partial charge in [0.05, 0.1) is 7.11 Å². The lowest BCUT2D eigenvalue weighted by molar-refractivity contribution is 0.388. The summed E-state index contributed by atoms with van der Waals surface area (Å²) in [6.07, 6.45) is 4.72. The van der Waals surface area contributed by atoms with Crippen LogP contribution in [0.1, 0.15) is 58.1 Å². The van der Waals surface area contributed by atoms with Crippen LogP contribution in [0, 0.1) is 5.92 Å². The first kappa shape index (κ1) is 17.3. The smallest absolute Gasteiger partial charge is 0.123 e. The topological polar surface area (TPSA) is 21.3 Å². The first-order valence-corrected chi connectivity index (χ1v) is 8.03. The molecule has 0 bridgehead atoms. The van der Waals surface area contributed by atoms with Crippen molar-refractivity contribution in [3.05, 3.63) is 28.8 Å². The minimum Gasteiger partial charge on any atom is -0.496 e. The van der Waals surface area contributed by atoms with Crippen LogP contribution >= 0.6 is 11.6 Å².